The Labute approximate surface area is 238 Å². The van der Waals surface area contributed by atoms with Crippen molar-refractivity contribution in [3.05, 3.63) is 88.6 Å². The first kappa shape index (κ1) is 27.6. The van der Waals surface area contributed by atoms with Crippen LogP contribution in [0.5, 0.6) is 11.5 Å². The number of benzene rings is 3. The third kappa shape index (κ3) is 6.12. The molecule has 1 aromatic heterocycles. The molecule has 2 heterocycles. The second-order valence-electron chi connectivity index (χ2n) is 10.2. The Morgan fingerprint density at radius 2 is 1.82 bits per heavy atom. The van der Waals surface area contributed by atoms with Gasteiger partial charge in [-0.2, -0.15) is 0 Å². The monoisotopic (exact) mass is 562 g/mol. The standard InChI is InChI=1S/C31H32ClFN4O3/c1-36(2)22-9-7-20(8-10-22)15-30(38)37-13-11-23(12-14-37)40-29-17-24-26(16-21-5-4-6-25(32)31(21)33)34-19-35-27(24)18-28(29)39-3/h4-10,17-19,23H,11-16H2,1-3H3. The number of amides is 1. The van der Waals surface area contributed by atoms with Gasteiger partial charge in [0.05, 0.1) is 29.8 Å². The van der Waals surface area contributed by atoms with Crippen molar-refractivity contribution < 1.29 is 18.7 Å². The SMILES string of the molecule is COc1cc2ncnc(Cc3cccc(Cl)c3F)c2cc1OC1CCN(C(=O)Cc2ccc(N(C)C)cc2)CC1. The molecule has 0 radical (unpaired) electrons. The zero-order valence-corrected chi connectivity index (χ0v) is 23.6. The summed E-state index contributed by atoms with van der Waals surface area (Å²) in [5.41, 5.74) is 3.91. The number of anilines is 1. The van der Waals surface area contributed by atoms with E-state index >= 15 is 0 Å². The third-order valence-corrected chi connectivity index (χ3v) is 7.58. The molecule has 9 heteroatoms. The lowest BCUT2D eigenvalue weighted by Gasteiger charge is -2.32. The van der Waals surface area contributed by atoms with E-state index in [9.17, 15) is 9.18 Å². The second kappa shape index (κ2) is 12.1. The number of carbonyl (C=O) groups excluding carboxylic acids is 1. The Balaban J connectivity index is 1.27. The summed E-state index contributed by atoms with van der Waals surface area (Å²) in [6, 6.07) is 16.7. The number of ether oxygens (including phenoxy) is 2. The number of halogens is 2. The molecule has 40 heavy (non-hydrogen) atoms. The van der Waals surface area contributed by atoms with E-state index < -0.39 is 5.82 Å². The number of aromatic nitrogens is 2. The molecule has 0 bridgehead atoms. The predicted octanol–water partition coefficient (Wildman–Crippen LogP) is 5.70. The van der Waals surface area contributed by atoms with Crippen LogP contribution >= 0.6 is 11.6 Å². The molecule has 1 aliphatic rings. The van der Waals surface area contributed by atoms with Crippen LogP contribution in [0.2, 0.25) is 5.02 Å². The maximum Gasteiger partial charge on any atom is 0.226 e. The lowest BCUT2D eigenvalue weighted by atomic mass is 10.0. The molecule has 7 nitrogen and oxygen atoms in total. The van der Waals surface area contributed by atoms with Gasteiger partial charge in [-0.15, -0.1) is 0 Å². The van der Waals surface area contributed by atoms with Gasteiger partial charge in [-0.3, -0.25) is 4.79 Å². The number of carbonyl (C=O) groups is 1. The Morgan fingerprint density at radius 3 is 2.52 bits per heavy atom. The zero-order chi connectivity index (χ0) is 28.2. The van der Waals surface area contributed by atoms with E-state index in [1.807, 2.05) is 60.3 Å². The number of hydrogen-bond acceptors (Lipinski definition) is 6. The molecule has 0 N–H and O–H groups in total. The van der Waals surface area contributed by atoms with Crippen LogP contribution in [0.15, 0.2) is 60.9 Å². The summed E-state index contributed by atoms with van der Waals surface area (Å²) in [5, 5.41) is 0.833. The lowest BCUT2D eigenvalue weighted by Crippen LogP contribution is -2.42. The van der Waals surface area contributed by atoms with E-state index in [0.717, 1.165) is 16.6 Å². The van der Waals surface area contributed by atoms with Gasteiger partial charge >= 0.3 is 0 Å². The number of fused-ring (bicyclic) bond motifs is 1. The Morgan fingerprint density at radius 1 is 1.07 bits per heavy atom. The number of nitrogens with zero attached hydrogens (tertiary/aromatic N) is 4. The first-order valence-electron chi connectivity index (χ1n) is 13.3. The number of rotatable bonds is 8. The summed E-state index contributed by atoms with van der Waals surface area (Å²) in [5.74, 6) is 0.802. The molecule has 5 rings (SSSR count). The van der Waals surface area contributed by atoms with Crippen molar-refractivity contribution in [2.45, 2.75) is 31.8 Å². The summed E-state index contributed by atoms with van der Waals surface area (Å²) in [4.78, 5) is 25.7. The van der Waals surface area contributed by atoms with Gasteiger partial charge in [-0.1, -0.05) is 35.9 Å². The van der Waals surface area contributed by atoms with Crippen molar-refractivity contribution in [3.8, 4) is 11.5 Å². The summed E-state index contributed by atoms with van der Waals surface area (Å²) in [6.07, 6.45) is 3.44. The van der Waals surface area contributed by atoms with Crippen LogP contribution in [0, 0.1) is 5.82 Å². The molecule has 0 aliphatic carbocycles. The molecule has 1 fully saturated rings. The maximum atomic E-state index is 14.6. The van der Waals surface area contributed by atoms with Crippen LogP contribution in [0.3, 0.4) is 0 Å². The highest BCUT2D eigenvalue weighted by Crippen LogP contribution is 2.35. The van der Waals surface area contributed by atoms with Crippen LogP contribution in [-0.4, -0.2) is 61.2 Å². The van der Waals surface area contributed by atoms with Gasteiger partial charge in [0, 0.05) is 63.6 Å². The summed E-state index contributed by atoms with van der Waals surface area (Å²) in [7, 11) is 5.58. The maximum absolute atomic E-state index is 14.6. The highest BCUT2D eigenvalue weighted by molar-refractivity contribution is 6.30. The fourth-order valence-corrected chi connectivity index (χ4v) is 5.17. The van der Waals surface area contributed by atoms with Crippen molar-refractivity contribution in [1.29, 1.82) is 0 Å². The fraction of sp³-hybridized carbons (Fsp3) is 0.323. The van der Waals surface area contributed by atoms with E-state index in [2.05, 4.69) is 9.97 Å². The van der Waals surface area contributed by atoms with Crippen LogP contribution < -0.4 is 14.4 Å². The molecule has 0 spiro atoms. The zero-order valence-electron chi connectivity index (χ0n) is 22.9. The summed E-state index contributed by atoms with van der Waals surface area (Å²) >= 11 is 5.99. The number of methoxy groups -OCH3 is 1. The minimum Gasteiger partial charge on any atom is -0.493 e. The van der Waals surface area contributed by atoms with E-state index in [1.165, 1.54) is 12.4 Å². The molecule has 208 valence electrons. The molecule has 3 aromatic carbocycles. The van der Waals surface area contributed by atoms with E-state index in [-0.39, 0.29) is 23.5 Å². The van der Waals surface area contributed by atoms with Crippen LogP contribution in [0.25, 0.3) is 10.9 Å². The highest BCUT2D eigenvalue weighted by Gasteiger charge is 2.25. The third-order valence-electron chi connectivity index (χ3n) is 7.29. The van der Waals surface area contributed by atoms with Crippen LogP contribution in [-0.2, 0) is 17.6 Å². The second-order valence-corrected chi connectivity index (χ2v) is 10.6. The molecule has 0 atom stereocenters. The van der Waals surface area contributed by atoms with Crippen molar-refractivity contribution >= 4 is 34.1 Å². The average Bonchev–Trinajstić information content (AvgIpc) is 2.96. The molecule has 1 amide bonds. The molecular formula is C31H32ClFN4O3. The largest absolute Gasteiger partial charge is 0.493 e. The fourth-order valence-electron chi connectivity index (χ4n) is 4.98. The van der Waals surface area contributed by atoms with E-state index in [4.69, 9.17) is 21.1 Å². The van der Waals surface area contributed by atoms with Crippen molar-refractivity contribution in [1.82, 2.24) is 14.9 Å². The van der Waals surface area contributed by atoms with Gasteiger partial charge < -0.3 is 19.3 Å². The minimum atomic E-state index is -0.451. The summed E-state index contributed by atoms with van der Waals surface area (Å²) < 4.78 is 26.6. The predicted molar refractivity (Wildman–Crippen MR) is 155 cm³/mol. The number of hydrogen-bond donors (Lipinski definition) is 0. The van der Waals surface area contributed by atoms with Crippen molar-refractivity contribution in [2.75, 3.05) is 39.2 Å². The van der Waals surface area contributed by atoms with Crippen molar-refractivity contribution in [3.63, 3.8) is 0 Å². The molecule has 1 saturated heterocycles. The normalized spacial score (nSPS) is 13.9. The van der Waals surface area contributed by atoms with Crippen LogP contribution in [0.1, 0.15) is 29.7 Å². The first-order valence-corrected chi connectivity index (χ1v) is 13.7. The molecule has 0 saturated carbocycles. The Bertz CT molecular complexity index is 1500. The Kier molecular flexibility index (Phi) is 8.35. The van der Waals surface area contributed by atoms with Gasteiger partial charge in [-0.25, -0.2) is 14.4 Å². The lowest BCUT2D eigenvalue weighted by molar-refractivity contribution is -0.132. The minimum absolute atomic E-state index is 0.0757. The molecule has 1 aliphatic heterocycles. The highest BCUT2D eigenvalue weighted by atomic mass is 35.5. The molecule has 4 aromatic rings. The number of likely N-dealkylation sites (tertiary alicyclic amines) is 1. The topological polar surface area (TPSA) is 67.8 Å². The van der Waals surface area contributed by atoms with E-state index in [0.29, 0.717) is 60.6 Å². The molecular weight excluding hydrogens is 531 g/mol. The van der Waals surface area contributed by atoms with Gasteiger partial charge in [-0.05, 0) is 35.4 Å². The average molecular weight is 563 g/mol. The van der Waals surface area contributed by atoms with Crippen LogP contribution in [0.4, 0.5) is 10.1 Å². The Hall–Kier alpha value is -3.91. The van der Waals surface area contributed by atoms with Gasteiger partial charge in [0.2, 0.25) is 5.91 Å². The first-order chi connectivity index (χ1) is 19.3. The molecule has 0 unspecified atom stereocenters. The number of piperidine rings is 1. The van der Waals surface area contributed by atoms with Gasteiger partial charge in [0.15, 0.2) is 11.5 Å². The van der Waals surface area contributed by atoms with E-state index in [1.54, 1.807) is 19.2 Å². The summed E-state index contributed by atoms with van der Waals surface area (Å²) in [6.45, 7) is 1.25. The van der Waals surface area contributed by atoms with Gasteiger partial charge in [0.1, 0.15) is 18.2 Å². The van der Waals surface area contributed by atoms with Gasteiger partial charge in [0.25, 0.3) is 0 Å². The smallest absolute Gasteiger partial charge is 0.226 e. The van der Waals surface area contributed by atoms with Crippen molar-refractivity contribution in [2.24, 2.45) is 0 Å². The quantitative estimate of drug-likeness (QED) is 0.274.